The van der Waals surface area contributed by atoms with Gasteiger partial charge in [0.15, 0.2) is 0 Å². The Labute approximate surface area is 81.9 Å². The molecule has 0 bridgehead atoms. The molecular formula is C9H14N2OS. The van der Waals surface area contributed by atoms with Gasteiger partial charge < -0.3 is 11.1 Å². The third-order valence-corrected chi connectivity index (χ3v) is 2.89. The van der Waals surface area contributed by atoms with Gasteiger partial charge in [0.1, 0.15) is 0 Å². The predicted molar refractivity (Wildman–Crippen MR) is 54.6 cm³/mol. The van der Waals surface area contributed by atoms with Crippen LogP contribution in [0.3, 0.4) is 0 Å². The summed E-state index contributed by atoms with van der Waals surface area (Å²) in [5.41, 5.74) is 4.99. The summed E-state index contributed by atoms with van der Waals surface area (Å²) < 4.78 is 0. The molecule has 0 aliphatic carbocycles. The van der Waals surface area contributed by atoms with E-state index < -0.39 is 0 Å². The van der Waals surface area contributed by atoms with Gasteiger partial charge in [-0.1, -0.05) is 6.92 Å². The van der Waals surface area contributed by atoms with Gasteiger partial charge in [0, 0.05) is 16.3 Å². The largest absolute Gasteiger partial charge is 0.369 e. The molecule has 4 heteroatoms. The molecule has 1 heterocycles. The highest BCUT2D eigenvalue weighted by Gasteiger charge is 1.98. The second kappa shape index (κ2) is 4.99. The van der Waals surface area contributed by atoms with Gasteiger partial charge in [-0.25, -0.2) is 0 Å². The van der Waals surface area contributed by atoms with Gasteiger partial charge in [-0.2, -0.15) is 0 Å². The fourth-order valence-corrected chi connectivity index (χ4v) is 1.94. The lowest BCUT2D eigenvalue weighted by Gasteiger charge is -1.97. The molecule has 0 atom stereocenters. The van der Waals surface area contributed by atoms with Crippen molar-refractivity contribution in [3.8, 4) is 0 Å². The van der Waals surface area contributed by atoms with Gasteiger partial charge in [-0.05, 0) is 18.6 Å². The lowest BCUT2D eigenvalue weighted by atomic mass is 10.3. The van der Waals surface area contributed by atoms with Crippen LogP contribution < -0.4 is 11.1 Å². The number of hydrogen-bond acceptors (Lipinski definition) is 3. The summed E-state index contributed by atoms with van der Waals surface area (Å²) in [6, 6.07) is 4.20. The van der Waals surface area contributed by atoms with Crippen molar-refractivity contribution < 1.29 is 4.79 Å². The van der Waals surface area contributed by atoms with E-state index in [1.165, 1.54) is 9.75 Å². The fourth-order valence-electron chi connectivity index (χ4n) is 1.02. The van der Waals surface area contributed by atoms with Crippen LogP contribution in [0.15, 0.2) is 12.1 Å². The summed E-state index contributed by atoms with van der Waals surface area (Å²) in [5.74, 6) is -0.313. The zero-order valence-corrected chi connectivity index (χ0v) is 8.49. The third-order valence-electron chi connectivity index (χ3n) is 1.66. The van der Waals surface area contributed by atoms with Crippen LogP contribution in [0.1, 0.15) is 16.7 Å². The SMILES string of the molecule is CCc1ccc(CNCC(N)=O)s1. The van der Waals surface area contributed by atoms with Crippen molar-refractivity contribution in [2.75, 3.05) is 6.54 Å². The molecule has 0 radical (unpaired) electrons. The maximum Gasteiger partial charge on any atom is 0.231 e. The third kappa shape index (κ3) is 3.57. The molecule has 0 saturated heterocycles. The molecule has 0 saturated carbocycles. The van der Waals surface area contributed by atoms with E-state index in [0.717, 1.165) is 13.0 Å². The number of carbonyl (C=O) groups excluding carboxylic acids is 1. The first kappa shape index (κ1) is 10.2. The minimum absolute atomic E-state index is 0.249. The van der Waals surface area contributed by atoms with E-state index in [1.807, 2.05) is 0 Å². The van der Waals surface area contributed by atoms with Crippen LogP contribution in [0.5, 0.6) is 0 Å². The molecule has 3 nitrogen and oxygen atoms in total. The van der Waals surface area contributed by atoms with Gasteiger partial charge >= 0.3 is 0 Å². The number of carbonyl (C=O) groups is 1. The fraction of sp³-hybridized carbons (Fsp3) is 0.444. The Morgan fingerprint density at radius 3 is 2.77 bits per heavy atom. The smallest absolute Gasteiger partial charge is 0.231 e. The Morgan fingerprint density at radius 1 is 1.54 bits per heavy atom. The van der Waals surface area contributed by atoms with Crippen LogP contribution in [0, 0.1) is 0 Å². The molecule has 0 fully saturated rings. The first-order chi connectivity index (χ1) is 6.22. The number of aryl methyl sites for hydroxylation is 1. The Hall–Kier alpha value is -0.870. The Kier molecular flexibility index (Phi) is 3.92. The first-order valence-electron chi connectivity index (χ1n) is 4.29. The van der Waals surface area contributed by atoms with E-state index in [4.69, 9.17) is 5.73 Å². The average Bonchev–Trinajstić information content (AvgIpc) is 2.52. The summed E-state index contributed by atoms with van der Waals surface area (Å²) in [7, 11) is 0. The lowest BCUT2D eigenvalue weighted by Crippen LogP contribution is -2.27. The van der Waals surface area contributed by atoms with E-state index in [2.05, 4.69) is 24.4 Å². The van der Waals surface area contributed by atoms with Crippen molar-refractivity contribution in [2.45, 2.75) is 19.9 Å². The molecule has 1 rings (SSSR count). The minimum Gasteiger partial charge on any atom is -0.369 e. The standard InChI is InChI=1S/C9H14N2OS/c1-2-7-3-4-8(13-7)5-11-6-9(10)12/h3-4,11H,2,5-6H2,1H3,(H2,10,12). The molecule has 1 aromatic rings. The predicted octanol–water partition coefficient (Wildman–Crippen LogP) is 0.885. The van der Waals surface area contributed by atoms with E-state index in [9.17, 15) is 4.79 Å². The van der Waals surface area contributed by atoms with Crippen molar-refractivity contribution in [2.24, 2.45) is 5.73 Å². The van der Waals surface area contributed by atoms with E-state index in [1.54, 1.807) is 11.3 Å². The molecule has 0 aromatic carbocycles. The maximum absolute atomic E-state index is 10.4. The summed E-state index contributed by atoms with van der Waals surface area (Å²) in [6.07, 6.45) is 1.07. The molecule has 72 valence electrons. The quantitative estimate of drug-likeness (QED) is 0.738. The van der Waals surface area contributed by atoms with Crippen LogP contribution in [0.2, 0.25) is 0 Å². The number of rotatable bonds is 5. The Morgan fingerprint density at radius 2 is 2.23 bits per heavy atom. The topological polar surface area (TPSA) is 55.1 Å². The molecule has 0 unspecified atom stereocenters. The highest BCUT2D eigenvalue weighted by Crippen LogP contribution is 2.16. The first-order valence-corrected chi connectivity index (χ1v) is 5.10. The van der Waals surface area contributed by atoms with Crippen molar-refractivity contribution in [1.82, 2.24) is 5.32 Å². The van der Waals surface area contributed by atoms with Crippen molar-refractivity contribution >= 4 is 17.2 Å². The second-order valence-electron chi connectivity index (χ2n) is 2.79. The molecule has 3 N–H and O–H groups in total. The molecule has 1 aromatic heterocycles. The zero-order valence-electron chi connectivity index (χ0n) is 7.67. The van der Waals surface area contributed by atoms with Crippen LogP contribution in [0.25, 0.3) is 0 Å². The summed E-state index contributed by atoms with van der Waals surface area (Å²) in [6.45, 7) is 3.11. The number of nitrogens with one attached hydrogen (secondary N) is 1. The summed E-state index contributed by atoms with van der Waals surface area (Å²) in [5, 5.41) is 2.97. The number of hydrogen-bond donors (Lipinski definition) is 2. The monoisotopic (exact) mass is 198 g/mol. The Balaban J connectivity index is 2.32. The van der Waals surface area contributed by atoms with Crippen LogP contribution in [-0.2, 0) is 17.8 Å². The molecule has 1 amide bonds. The van der Waals surface area contributed by atoms with Gasteiger partial charge in [-0.3, -0.25) is 4.79 Å². The summed E-state index contributed by atoms with van der Waals surface area (Å²) in [4.78, 5) is 13.0. The maximum atomic E-state index is 10.4. The number of nitrogens with two attached hydrogens (primary N) is 1. The molecule has 0 aliphatic heterocycles. The van der Waals surface area contributed by atoms with Crippen LogP contribution in [0.4, 0.5) is 0 Å². The van der Waals surface area contributed by atoms with Crippen molar-refractivity contribution in [3.05, 3.63) is 21.9 Å². The van der Waals surface area contributed by atoms with Gasteiger partial charge in [-0.15, -0.1) is 11.3 Å². The van der Waals surface area contributed by atoms with E-state index in [0.29, 0.717) is 0 Å². The van der Waals surface area contributed by atoms with E-state index in [-0.39, 0.29) is 12.5 Å². The van der Waals surface area contributed by atoms with Crippen LogP contribution in [-0.4, -0.2) is 12.5 Å². The number of amides is 1. The molecular weight excluding hydrogens is 184 g/mol. The van der Waals surface area contributed by atoms with Crippen molar-refractivity contribution in [1.29, 1.82) is 0 Å². The zero-order chi connectivity index (χ0) is 9.68. The van der Waals surface area contributed by atoms with Crippen LogP contribution >= 0.6 is 11.3 Å². The molecule has 13 heavy (non-hydrogen) atoms. The van der Waals surface area contributed by atoms with Gasteiger partial charge in [0.25, 0.3) is 0 Å². The Bertz CT molecular complexity index is 283. The highest BCUT2D eigenvalue weighted by atomic mass is 32.1. The van der Waals surface area contributed by atoms with E-state index >= 15 is 0 Å². The number of thiophene rings is 1. The average molecular weight is 198 g/mol. The number of primary amides is 1. The van der Waals surface area contributed by atoms with Crippen molar-refractivity contribution in [3.63, 3.8) is 0 Å². The van der Waals surface area contributed by atoms with Gasteiger partial charge in [0.05, 0.1) is 6.54 Å². The normalized spacial score (nSPS) is 10.2. The lowest BCUT2D eigenvalue weighted by molar-refractivity contribution is -0.117. The second-order valence-corrected chi connectivity index (χ2v) is 4.04. The minimum atomic E-state index is -0.313. The molecule has 0 spiro atoms. The van der Waals surface area contributed by atoms with Gasteiger partial charge in [0.2, 0.25) is 5.91 Å². The molecule has 0 aliphatic rings. The summed E-state index contributed by atoms with van der Waals surface area (Å²) >= 11 is 1.77. The highest BCUT2D eigenvalue weighted by molar-refractivity contribution is 7.11.